The number of halogens is 2. The number of carboxylic acids is 1. The SMILES string of the molecule is O=C(O)C1(CCO)CC(c2cc(F)cc(F)c2)=NO1. The normalized spacial score (nSPS) is 21.9. The van der Waals surface area contributed by atoms with E-state index < -0.39 is 29.8 Å². The molecule has 0 saturated heterocycles. The van der Waals surface area contributed by atoms with Crippen molar-refractivity contribution in [1.82, 2.24) is 0 Å². The lowest BCUT2D eigenvalue weighted by atomic mass is 9.91. The van der Waals surface area contributed by atoms with Crippen LogP contribution >= 0.6 is 0 Å². The molecule has 19 heavy (non-hydrogen) atoms. The molecule has 2 rings (SSSR count). The van der Waals surface area contributed by atoms with Crippen molar-refractivity contribution in [3.05, 3.63) is 35.4 Å². The van der Waals surface area contributed by atoms with Gasteiger partial charge in [0.25, 0.3) is 0 Å². The monoisotopic (exact) mass is 271 g/mol. The summed E-state index contributed by atoms with van der Waals surface area (Å²) < 4.78 is 26.2. The van der Waals surface area contributed by atoms with Crippen molar-refractivity contribution in [2.45, 2.75) is 18.4 Å². The van der Waals surface area contributed by atoms with E-state index in [9.17, 15) is 13.6 Å². The Labute approximate surface area is 107 Å². The number of benzene rings is 1. The van der Waals surface area contributed by atoms with Crippen LogP contribution in [0, 0.1) is 11.6 Å². The maximum absolute atomic E-state index is 13.1. The Hall–Kier alpha value is -2.02. The highest BCUT2D eigenvalue weighted by molar-refractivity contribution is 6.04. The molecule has 0 fully saturated rings. The van der Waals surface area contributed by atoms with Gasteiger partial charge < -0.3 is 15.1 Å². The molecular formula is C12H11F2NO4. The van der Waals surface area contributed by atoms with Crippen LogP contribution in [0.2, 0.25) is 0 Å². The smallest absolute Gasteiger partial charge is 0.351 e. The molecule has 1 atom stereocenters. The Bertz CT molecular complexity index is 526. The molecule has 0 aromatic heterocycles. The topological polar surface area (TPSA) is 79.1 Å². The molecule has 0 radical (unpaired) electrons. The average molecular weight is 271 g/mol. The van der Waals surface area contributed by atoms with E-state index in [2.05, 4.69) is 5.16 Å². The fraction of sp³-hybridized carbons (Fsp3) is 0.333. The second-order valence-corrected chi connectivity index (χ2v) is 4.24. The second-order valence-electron chi connectivity index (χ2n) is 4.24. The van der Waals surface area contributed by atoms with E-state index in [4.69, 9.17) is 15.1 Å². The van der Waals surface area contributed by atoms with Gasteiger partial charge in [-0.2, -0.15) is 0 Å². The molecule has 0 saturated carbocycles. The molecule has 1 heterocycles. The first-order valence-electron chi connectivity index (χ1n) is 5.52. The molecule has 1 aromatic carbocycles. The largest absolute Gasteiger partial charge is 0.478 e. The molecule has 1 aliphatic rings. The number of carboxylic acid groups (broad SMARTS) is 1. The van der Waals surface area contributed by atoms with Crippen LogP contribution in [0.25, 0.3) is 0 Å². The minimum absolute atomic E-state index is 0.124. The zero-order valence-electron chi connectivity index (χ0n) is 9.77. The third-order valence-electron chi connectivity index (χ3n) is 2.88. The summed E-state index contributed by atoms with van der Waals surface area (Å²) in [5.41, 5.74) is -1.42. The molecule has 0 aliphatic carbocycles. The average Bonchev–Trinajstić information content (AvgIpc) is 2.74. The summed E-state index contributed by atoms with van der Waals surface area (Å²) >= 11 is 0. The van der Waals surface area contributed by atoms with Crippen LogP contribution in [0.3, 0.4) is 0 Å². The minimum atomic E-state index is -1.67. The van der Waals surface area contributed by atoms with Crippen LogP contribution in [-0.4, -0.2) is 34.1 Å². The fourth-order valence-corrected chi connectivity index (χ4v) is 1.89. The first kappa shape index (κ1) is 13.4. The van der Waals surface area contributed by atoms with E-state index in [1.54, 1.807) is 0 Å². The Kier molecular flexibility index (Phi) is 3.48. The van der Waals surface area contributed by atoms with Crippen LogP contribution in [0.5, 0.6) is 0 Å². The van der Waals surface area contributed by atoms with Gasteiger partial charge in [0.05, 0.1) is 5.71 Å². The van der Waals surface area contributed by atoms with Gasteiger partial charge in [0.2, 0.25) is 5.60 Å². The molecule has 0 spiro atoms. The zero-order valence-corrected chi connectivity index (χ0v) is 9.77. The molecule has 2 N–H and O–H groups in total. The Balaban J connectivity index is 2.27. The van der Waals surface area contributed by atoms with Crippen molar-refractivity contribution in [2.24, 2.45) is 5.16 Å². The van der Waals surface area contributed by atoms with Crippen molar-refractivity contribution in [1.29, 1.82) is 0 Å². The number of nitrogens with zero attached hydrogens (tertiary/aromatic N) is 1. The highest BCUT2D eigenvalue weighted by Gasteiger charge is 2.46. The molecule has 5 nitrogen and oxygen atoms in total. The predicted molar refractivity (Wildman–Crippen MR) is 60.7 cm³/mol. The third kappa shape index (κ3) is 2.55. The van der Waals surface area contributed by atoms with Crippen molar-refractivity contribution in [3.8, 4) is 0 Å². The maximum Gasteiger partial charge on any atom is 0.351 e. The lowest BCUT2D eigenvalue weighted by molar-refractivity contribution is -0.164. The van der Waals surface area contributed by atoms with Crippen LogP contribution in [-0.2, 0) is 9.63 Å². The summed E-state index contributed by atoms with van der Waals surface area (Å²) in [6.45, 7) is -0.396. The molecular weight excluding hydrogens is 260 g/mol. The molecule has 1 aromatic rings. The Morgan fingerprint density at radius 3 is 2.53 bits per heavy atom. The van der Waals surface area contributed by atoms with Gasteiger partial charge in [-0.25, -0.2) is 13.6 Å². The number of aliphatic hydroxyl groups excluding tert-OH is 1. The molecule has 0 bridgehead atoms. The highest BCUT2D eigenvalue weighted by atomic mass is 19.1. The fourth-order valence-electron chi connectivity index (χ4n) is 1.89. The Morgan fingerprint density at radius 1 is 1.37 bits per heavy atom. The first-order chi connectivity index (χ1) is 8.97. The maximum atomic E-state index is 13.1. The van der Waals surface area contributed by atoms with E-state index in [-0.39, 0.29) is 24.1 Å². The lowest BCUT2D eigenvalue weighted by Crippen LogP contribution is -2.39. The van der Waals surface area contributed by atoms with Gasteiger partial charge in [-0.3, -0.25) is 0 Å². The minimum Gasteiger partial charge on any atom is -0.478 e. The van der Waals surface area contributed by atoms with Crippen LogP contribution < -0.4 is 0 Å². The summed E-state index contributed by atoms with van der Waals surface area (Å²) in [4.78, 5) is 16.0. The summed E-state index contributed by atoms with van der Waals surface area (Å²) in [6, 6.07) is 2.79. The van der Waals surface area contributed by atoms with Crippen molar-refractivity contribution >= 4 is 11.7 Å². The second kappa shape index (κ2) is 4.93. The summed E-state index contributed by atoms with van der Waals surface area (Å²) in [6.07, 6.45) is -0.321. The summed E-state index contributed by atoms with van der Waals surface area (Å²) in [5, 5.41) is 21.6. The van der Waals surface area contributed by atoms with Crippen molar-refractivity contribution < 1.29 is 28.6 Å². The number of carbonyl (C=O) groups is 1. The standard InChI is InChI=1S/C12H11F2NO4/c13-8-3-7(4-9(14)5-8)10-6-12(1-2-16,11(17)18)19-15-10/h3-5,16H,1-2,6H2,(H,17,18). The van der Waals surface area contributed by atoms with Gasteiger partial charge in [0.15, 0.2) is 0 Å². The van der Waals surface area contributed by atoms with E-state index in [0.29, 0.717) is 6.07 Å². The van der Waals surface area contributed by atoms with E-state index in [1.165, 1.54) is 0 Å². The molecule has 102 valence electrons. The third-order valence-corrected chi connectivity index (χ3v) is 2.88. The van der Waals surface area contributed by atoms with Gasteiger partial charge in [-0.15, -0.1) is 0 Å². The van der Waals surface area contributed by atoms with E-state index >= 15 is 0 Å². The first-order valence-corrected chi connectivity index (χ1v) is 5.52. The van der Waals surface area contributed by atoms with Gasteiger partial charge >= 0.3 is 5.97 Å². The van der Waals surface area contributed by atoms with E-state index in [1.807, 2.05) is 0 Å². The summed E-state index contributed by atoms with van der Waals surface area (Å²) in [5.74, 6) is -2.85. The highest BCUT2D eigenvalue weighted by Crippen LogP contribution is 2.30. The molecule has 7 heteroatoms. The summed E-state index contributed by atoms with van der Waals surface area (Å²) in [7, 11) is 0. The quantitative estimate of drug-likeness (QED) is 0.865. The molecule has 0 amide bonds. The number of hydrogen-bond acceptors (Lipinski definition) is 4. The Morgan fingerprint density at radius 2 is 2.00 bits per heavy atom. The number of rotatable bonds is 4. The van der Waals surface area contributed by atoms with Gasteiger partial charge in [-0.1, -0.05) is 5.16 Å². The van der Waals surface area contributed by atoms with Gasteiger partial charge in [-0.05, 0) is 12.1 Å². The van der Waals surface area contributed by atoms with Crippen LogP contribution in [0.1, 0.15) is 18.4 Å². The van der Waals surface area contributed by atoms with Crippen molar-refractivity contribution in [2.75, 3.05) is 6.61 Å². The van der Waals surface area contributed by atoms with Gasteiger partial charge in [0, 0.05) is 31.1 Å². The van der Waals surface area contributed by atoms with Gasteiger partial charge in [0.1, 0.15) is 11.6 Å². The lowest BCUT2D eigenvalue weighted by Gasteiger charge is -2.19. The van der Waals surface area contributed by atoms with Crippen molar-refractivity contribution in [3.63, 3.8) is 0 Å². The van der Waals surface area contributed by atoms with Crippen LogP contribution in [0.15, 0.2) is 23.4 Å². The zero-order chi connectivity index (χ0) is 14.0. The molecule has 1 unspecified atom stereocenters. The number of aliphatic carboxylic acids is 1. The number of oxime groups is 1. The van der Waals surface area contributed by atoms with E-state index in [0.717, 1.165) is 12.1 Å². The predicted octanol–water partition coefficient (Wildman–Crippen LogP) is 1.29. The molecule has 1 aliphatic heterocycles. The number of hydrogen-bond donors (Lipinski definition) is 2. The van der Waals surface area contributed by atoms with Crippen LogP contribution in [0.4, 0.5) is 8.78 Å². The number of aliphatic hydroxyl groups is 1.